The van der Waals surface area contributed by atoms with Crippen LogP contribution < -0.4 is 10.2 Å². The first kappa shape index (κ1) is 38.7. The summed E-state index contributed by atoms with van der Waals surface area (Å²) in [7, 11) is 1.68. The van der Waals surface area contributed by atoms with E-state index in [2.05, 4.69) is 51.0 Å². The number of rotatable bonds is 12. The summed E-state index contributed by atoms with van der Waals surface area (Å²) < 4.78 is 11.2. The molecule has 2 aliphatic heterocycles. The van der Waals surface area contributed by atoms with E-state index >= 15 is 0 Å². The lowest BCUT2D eigenvalue weighted by molar-refractivity contribution is -0.125. The summed E-state index contributed by atoms with van der Waals surface area (Å²) in [5.41, 5.74) is 1.34. The molecule has 0 spiro atoms. The summed E-state index contributed by atoms with van der Waals surface area (Å²) in [5, 5.41) is 3.41. The molecule has 2 aromatic rings. The number of piperidine rings is 1. The topological polar surface area (TPSA) is 114 Å². The minimum Gasteiger partial charge on any atom is -0.444 e. The standard InChI is InChI=1S/C41H61N5O5/c1-27(2)20-30-22-41(30,23-34(47)32-24-43-37(39(3,4)5)44-35(32)42-17-13-19-50-9)31-21-29(25-45(26-31)38(49)51-40(6,7)8)36(48)46-18-12-15-28-14-10-11-16-33(28)46/h10-11,14,16,24,27,29-31H,12-13,15,17-23,25-26H2,1-9H3,(H,42,43,44)/t29-,30?,31?,41?/m1/s1. The lowest BCUT2D eigenvalue weighted by Crippen LogP contribution is -2.53. The van der Waals surface area contributed by atoms with Crippen LogP contribution in [0.25, 0.3) is 0 Å². The quantitative estimate of drug-likeness (QED) is 0.177. The van der Waals surface area contributed by atoms with Gasteiger partial charge in [0.2, 0.25) is 5.91 Å². The second-order valence-corrected chi connectivity index (χ2v) is 17.6. The number of amides is 2. The van der Waals surface area contributed by atoms with Crippen LogP contribution >= 0.6 is 0 Å². The van der Waals surface area contributed by atoms with Crippen molar-refractivity contribution in [3.8, 4) is 0 Å². The third kappa shape index (κ3) is 9.29. The molecule has 3 unspecified atom stereocenters. The Morgan fingerprint density at radius 2 is 1.82 bits per heavy atom. The van der Waals surface area contributed by atoms with Gasteiger partial charge in [0, 0.05) is 63.6 Å². The van der Waals surface area contributed by atoms with Crippen LogP contribution in [0.3, 0.4) is 0 Å². The van der Waals surface area contributed by atoms with Gasteiger partial charge in [-0.15, -0.1) is 0 Å². The summed E-state index contributed by atoms with van der Waals surface area (Å²) in [6.45, 7) is 18.9. The number of Topliss-reactive ketones (excluding diaryl/α,β-unsaturated/α-hetero) is 1. The molecule has 1 aromatic heterocycles. The van der Waals surface area contributed by atoms with Crippen molar-refractivity contribution in [1.29, 1.82) is 0 Å². The van der Waals surface area contributed by atoms with Crippen LogP contribution in [-0.4, -0.2) is 78.1 Å². The molecule has 0 bridgehead atoms. The Bertz CT molecular complexity index is 1560. The van der Waals surface area contributed by atoms with Gasteiger partial charge >= 0.3 is 6.09 Å². The second kappa shape index (κ2) is 15.6. The lowest BCUT2D eigenvalue weighted by atomic mass is 9.73. The molecule has 1 saturated carbocycles. The summed E-state index contributed by atoms with van der Waals surface area (Å²) in [4.78, 5) is 56.0. The van der Waals surface area contributed by atoms with Gasteiger partial charge in [0.1, 0.15) is 17.2 Å². The maximum atomic E-state index is 14.5. The number of hydrogen-bond acceptors (Lipinski definition) is 8. The van der Waals surface area contributed by atoms with Gasteiger partial charge in [0.15, 0.2) is 5.78 Å². The average molecular weight is 704 g/mol. The first-order valence-corrected chi connectivity index (χ1v) is 19.0. The van der Waals surface area contributed by atoms with E-state index in [4.69, 9.17) is 14.5 Å². The number of hydrogen-bond donors (Lipinski definition) is 1. The number of anilines is 2. The Hall–Kier alpha value is -3.53. The molecular weight excluding hydrogens is 642 g/mol. The van der Waals surface area contributed by atoms with Crippen LogP contribution in [0.1, 0.15) is 116 Å². The maximum absolute atomic E-state index is 14.5. The predicted molar refractivity (Wildman–Crippen MR) is 201 cm³/mol. The number of nitrogens with zero attached hydrogens (tertiary/aromatic N) is 4. The molecule has 1 aliphatic carbocycles. The zero-order chi connectivity index (χ0) is 37.1. The number of methoxy groups -OCH3 is 1. The molecule has 10 nitrogen and oxygen atoms in total. The van der Waals surface area contributed by atoms with Crippen molar-refractivity contribution in [3.63, 3.8) is 0 Å². The highest BCUT2D eigenvalue weighted by molar-refractivity contribution is 6.01. The summed E-state index contributed by atoms with van der Waals surface area (Å²) in [5.74, 6) is 1.60. The smallest absolute Gasteiger partial charge is 0.410 e. The van der Waals surface area contributed by atoms with Crippen molar-refractivity contribution in [2.75, 3.05) is 50.1 Å². The van der Waals surface area contributed by atoms with E-state index < -0.39 is 17.6 Å². The molecular formula is C41H61N5O5. The number of carbonyl (C=O) groups is 3. The SMILES string of the molecule is COCCCNc1nc(C(C)(C)C)ncc1C(=O)CC1(C2C[C@@H](C(=O)N3CCCc4ccccc43)CN(C(=O)OC(C)(C)C)C2)CC1CC(C)C. The van der Waals surface area contributed by atoms with Crippen LogP contribution in [-0.2, 0) is 26.1 Å². The molecule has 3 heterocycles. The Kier molecular flexibility index (Phi) is 11.8. The largest absolute Gasteiger partial charge is 0.444 e. The normalized spacial score (nSPS) is 23.5. The number of fused-ring (bicyclic) bond motifs is 1. The van der Waals surface area contributed by atoms with Crippen molar-refractivity contribution in [2.45, 2.75) is 111 Å². The zero-order valence-corrected chi connectivity index (χ0v) is 32.5. The van der Waals surface area contributed by atoms with E-state index in [1.807, 2.05) is 43.9 Å². The van der Waals surface area contributed by atoms with Crippen LogP contribution in [0, 0.1) is 29.1 Å². The lowest BCUT2D eigenvalue weighted by Gasteiger charge is -2.43. The van der Waals surface area contributed by atoms with E-state index in [-0.39, 0.29) is 28.4 Å². The molecule has 1 aromatic carbocycles. The Morgan fingerprint density at radius 3 is 2.51 bits per heavy atom. The van der Waals surface area contributed by atoms with Gasteiger partial charge in [-0.2, -0.15) is 0 Å². The van der Waals surface area contributed by atoms with Crippen molar-refractivity contribution >= 4 is 29.3 Å². The van der Waals surface area contributed by atoms with Crippen molar-refractivity contribution < 1.29 is 23.9 Å². The number of aryl methyl sites for hydroxylation is 1. The fourth-order valence-electron chi connectivity index (χ4n) is 8.20. The third-order valence-electron chi connectivity index (χ3n) is 10.7. The number of ketones is 1. The fraction of sp³-hybridized carbons (Fsp3) is 0.683. The molecule has 2 amide bonds. The molecule has 4 atom stereocenters. The molecule has 3 aliphatic rings. The van der Waals surface area contributed by atoms with Gasteiger partial charge < -0.3 is 24.6 Å². The second-order valence-electron chi connectivity index (χ2n) is 17.6. The number of para-hydroxylation sites is 1. The molecule has 0 radical (unpaired) electrons. The number of ether oxygens (including phenoxy) is 2. The molecule has 280 valence electrons. The van der Waals surface area contributed by atoms with Gasteiger partial charge in [-0.05, 0) is 94.1 Å². The first-order chi connectivity index (χ1) is 24.0. The van der Waals surface area contributed by atoms with E-state index in [0.717, 1.165) is 37.8 Å². The molecule has 1 saturated heterocycles. The van der Waals surface area contributed by atoms with Crippen LogP contribution in [0.5, 0.6) is 0 Å². The predicted octanol–water partition coefficient (Wildman–Crippen LogP) is 7.70. The highest BCUT2D eigenvalue weighted by atomic mass is 16.6. The number of benzene rings is 1. The highest BCUT2D eigenvalue weighted by Crippen LogP contribution is 2.65. The summed E-state index contributed by atoms with van der Waals surface area (Å²) >= 11 is 0. The fourth-order valence-corrected chi connectivity index (χ4v) is 8.20. The van der Waals surface area contributed by atoms with Gasteiger partial charge in [-0.3, -0.25) is 9.59 Å². The average Bonchev–Trinajstić information content (AvgIpc) is 3.76. The maximum Gasteiger partial charge on any atom is 0.410 e. The van der Waals surface area contributed by atoms with E-state index in [0.29, 0.717) is 74.7 Å². The minimum atomic E-state index is -0.672. The highest BCUT2D eigenvalue weighted by Gasteiger charge is 2.61. The number of nitrogens with one attached hydrogen (secondary N) is 1. The number of likely N-dealkylation sites (tertiary alicyclic amines) is 1. The molecule has 10 heteroatoms. The van der Waals surface area contributed by atoms with Crippen molar-refractivity contribution in [3.05, 3.63) is 47.4 Å². The first-order valence-electron chi connectivity index (χ1n) is 19.0. The van der Waals surface area contributed by atoms with E-state index in [9.17, 15) is 14.4 Å². The summed E-state index contributed by atoms with van der Waals surface area (Å²) in [6.07, 6.45) is 6.72. The monoisotopic (exact) mass is 703 g/mol. The van der Waals surface area contributed by atoms with Gasteiger partial charge in [0.05, 0.1) is 11.5 Å². The van der Waals surface area contributed by atoms with Crippen molar-refractivity contribution in [2.24, 2.45) is 29.1 Å². The Morgan fingerprint density at radius 1 is 1.08 bits per heavy atom. The summed E-state index contributed by atoms with van der Waals surface area (Å²) in [6, 6.07) is 8.15. The Balaban J connectivity index is 1.48. The van der Waals surface area contributed by atoms with E-state index in [1.165, 1.54) is 5.56 Å². The van der Waals surface area contributed by atoms with Crippen molar-refractivity contribution in [1.82, 2.24) is 14.9 Å². The minimum absolute atomic E-state index is 0.00168. The number of carbonyl (C=O) groups excluding carboxylic acids is 3. The van der Waals surface area contributed by atoms with Gasteiger partial charge in [-0.1, -0.05) is 52.8 Å². The molecule has 1 N–H and O–H groups in total. The van der Waals surface area contributed by atoms with Gasteiger partial charge in [0.25, 0.3) is 0 Å². The number of aromatic nitrogens is 2. The van der Waals surface area contributed by atoms with Crippen LogP contribution in [0.4, 0.5) is 16.3 Å². The van der Waals surface area contributed by atoms with Crippen LogP contribution in [0.15, 0.2) is 30.5 Å². The Labute approximate surface area is 305 Å². The third-order valence-corrected chi connectivity index (χ3v) is 10.7. The zero-order valence-electron chi connectivity index (χ0n) is 32.5. The van der Waals surface area contributed by atoms with Gasteiger partial charge in [-0.25, -0.2) is 14.8 Å². The van der Waals surface area contributed by atoms with Crippen LogP contribution in [0.2, 0.25) is 0 Å². The molecule has 5 rings (SSSR count). The molecule has 2 fully saturated rings. The van der Waals surface area contributed by atoms with E-state index in [1.54, 1.807) is 18.2 Å². The molecule has 51 heavy (non-hydrogen) atoms.